The van der Waals surface area contributed by atoms with Crippen LogP contribution < -0.4 is 5.32 Å². The van der Waals surface area contributed by atoms with Crippen molar-refractivity contribution in [3.63, 3.8) is 0 Å². The number of nitrogens with one attached hydrogen (secondary N) is 1. The highest BCUT2D eigenvalue weighted by Gasteiger charge is 2.20. The topological polar surface area (TPSA) is 26.2 Å². The van der Waals surface area contributed by atoms with Crippen LogP contribution in [0.2, 0.25) is 0 Å². The smallest absolute Gasteiger partial charge is 0.0593 e. The number of hydrogen-bond acceptors (Lipinski definition) is 2. The van der Waals surface area contributed by atoms with Crippen molar-refractivity contribution in [2.75, 3.05) is 6.61 Å². The summed E-state index contributed by atoms with van der Waals surface area (Å²) in [4.78, 5) is 0. The van der Waals surface area contributed by atoms with E-state index in [0.717, 1.165) is 32.2 Å². The largest absolute Gasteiger partial charge is 0.378 e. The van der Waals surface area contributed by atoms with Gasteiger partial charge in [0.25, 0.3) is 0 Å². The van der Waals surface area contributed by atoms with Gasteiger partial charge < -0.3 is 14.6 Å². The summed E-state index contributed by atoms with van der Waals surface area (Å²) in [6.45, 7) is 3.01. The van der Waals surface area contributed by atoms with Crippen LogP contribution in [0.5, 0.6) is 0 Å². The van der Waals surface area contributed by atoms with Crippen molar-refractivity contribution >= 4 is 10.9 Å². The van der Waals surface area contributed by atoms with Gasteiger partial charge in [-0.25, -0.2) is 0 Å². The molecule has 1 unspecified atom stereocenters. The molecule has 1 N–H and O–H groups in total. The quantitative estimate of drug-likeness (QED) is 0.879. The summed E-state index contributed by atoms with van der Waals surface area (Å²) in [5.41, 5.74) is 2.76. The molecule has 0 bridgehead atoms. The molecule has 1 saturated heterocycles. The Morgan fingerprint density at radius 1 is 1.19 bits per heavy atom. The Balaban J connectivity index is 1.46. The number of ether oxygens (including phenoxy) is 1. The van der Waals surface area contributed by atoms with E-state index in [0.29, 0.717) is 6.10 Å². The molecule has 0 amide bonds. The second-order valence-electron chi connectivity index (χ2n) is 6.48. The van der Waals surface area contributed by atoms with Crippen LogP contribution in [0, 0.1) is 0 Å². The first-order chi connectivity index (χ1) is 10.4. The van der Waals surface area contributed by atoms with Gasteiger partial charge >= 0.3 is 0 Å². The zero-order valence-electron chi connectivity index (χ0n) is 12.6. The third-order valence-electron chi connectivity index (χ3n) is 4.73. The van der Waals surface area contributed by atoms with E-state index >= 15 is 0 Å². The molecular formula is C18H24N2O. The molecule has 1 aliphatic carbocycles. The lowest BCUT2D eigenvalue weighted by molar-refractivity contribution is 0.101. The first-order valence-corrected chi connectivity index (χ1v) is 8.31. The minimum Gasteiger partial charge on any atom is -0.378 e. The van der Waals surface area contributed by atoms with Crippen LogP contribution >= 0.6 is 0 Å². The molecule has 1 saturated carbocycles. The molecule has 2 heterocycles. The molecule has 3 nitrogen and oxygen atoms in total. The molecule has 2 aromatic rings. The lowest BCUT2D eigenvalue weighted by atomic mass is 10.1. The minimum atomic E-state index is 0.474. The van der Waals surface area contributed by atoms with Gasteiger partial charge in [0.2, 0.25) is 0 Å². The SMILES string of the molecule is c1cc2ccn(CCC3CCCO3)c2cc1CNC1CC1. The monoisotopic (exact) mass is 284 g/mol. The summed E-state index contributed by atoms with van der Waals surface area (Å²) in [6.07, 6.45) is 8.98. The summed E-state index contributed by atoms with van der Waals surface area (Å²) in [5.74, 6) is 0. The van der Waals surface area contributed by atoms with Gasteiger partial charge in [-0.1, -0.05) is 12.1 Å². The summed E-state index contributed by atoms with van der Waals surface area (Å²) >= 11 is 0. The Bertz CT molecular complexity index is 609. The predicted octanol–water partition coefficient (Wildman–Crippen LogP) is 3.46. The first-order valence-electron chi connectivity index (χ1n) is 8.31. The number of aromatic nitrogens is 1. The number of aryl methyl sites for hydroxylation is 1. The molecule has 2 aliphatic rings. The predicted molar refractivity (Wildman–Crippen MR) is 85.4 cm³/mol. The summed E-state index contributed by atoms with van der Waals surface area (Å²) in [5, 5.41) is 4.94. The van der Waals surface area contributed by atoms with Gasteiger partial charge in [0.15, 0.2) is 0 Å². The Hall–Kier alpha value is -1.32. The van der Waals surface area contributed by atoms with E-state index in [1.807, 2.05) is 0 Å². The summed E-state index contributed by atoms with van der Waals surface area (Å²) in [6, 6.07) is 9.85. The van der Waals surface area contributed by atoms with Crippen molar-refractivity contribution in [1.29, 1.82) is 0 Å². The van der Waals surface area contributed by atoms with Gasteiger partial charge in [-0.15, -0.1) is 0 Å². The fourth-order valence-corrected chi connectivity index (χ4v) is 3.24. The standard InChI is InChI=1S/C18H24N2O/c1-2-17(21-11-1)8-10-20-9-7-15-4-3-14(12-18(15)20)13-19-16-5-6-16/h3-4,7,9,12,16-17,19H,1-2,5-6,8,10-11,13H2. The number of benzene rings is 1. The van der Waals surface area contributed by atoms with Gasteiger partial charge in [0, 0.05) is 37.5 Å². The highest BCUT2D eigenvalue weighted by atomic mass is 16.5. The first kappa shape index (κ1) is 13.4. The lowest BCUT2D eigenvalue weighted by Gasteiger charge is -2.11. The van der Waals surface area contributed by atoms with Crippen LogP contribution in [0.4, 0.5) is 0 Å². The molecule has 1 aliphatic heterocycles. The normalized spacial score (nSPS) is 22.2. The van der Waals surface area contributed by atoms with Crippen molar-refractivity contribution < 1.29 is 4.74 Å². The number of hydrogen-bond donors (Lipinski definition) is 1. The highest BCUT2D eigenvalue weighted by Crippen LogP contribution is 2.22. The summed E-state index contributed by atoms with van der Waals surface area (Å²) in [7, 11) is 0. The number of rotatable bonds is 6. The zero-order valence-corrected chi connectivity index (χ0v) is 12.6. The van der Waals surface area contributed by atoms with Gasteiger partial charge in [0.05, 0.1) is 6.10 Å². The summed E-state index contributed by atoms with van der Waals surface area (Å²) < 4.78 is 8.12. The Morgan fingerprint density at radius 3 is 2.95 bits per heavy atom. The van der Waals surface area contributed by atoms with Crippen molar-refractivity contribution in [2.24, 2.45) is 0 Å². The van der Waals surface area contributed by atoms with Crippen LogP contribution in [0.1, 0.15) is 37.7 Å². The van der Waals surface area contributed by atoms with E-state index in [1.54, 1.807) is 0 Å². The van der Waals surface area contributed by atoms with Crippen molar-refractivity contribution in [2.45, 2.75) is 57.3 Å². The molecule has 1 atom stereocenters. The molecule has 1 aromatic carbocycles. The van der Waals surface area contributed by atoms with Gasteiger partial charge in [-0.05, 0) is 55.2 Å². The number of fused-ring (bicyclic) bond motifs is 1. The minimum absolute atomic E-state index is 0.474. The van der Waals surface area contributed by atoms with Crippen LogP contribution in [0.15, 0.2) is 30.5 Å². The lowest BCUT2D eigenvalue weighted by Crippen LogP contribution is -2.15. The Kier molecular flexibility index (Phi) is 3.70. The molecule has 2 fully saturated rings. The second kappa shape index (κ2) is 5.82. The maximum Gasteiger partial charge on any atom is 0.0593 e. The average Bonchev–Trinajstić information content (AvgIpc) is 3.03. The molecule has 21 heavy (non-hydrogen) atoms. The molecule has 1 aromatic heterocycles. The van der Waals surface area contributed by atoms with E-state index in [-0.39, 0.29) is 0 Å². The average molecular weight is 284 g/mol. The van der Waals surface area contributed by atoms with E-state index in [2.05, 4.69) is 40.3 Å². The van der Waals surface area contributed by atoms with E-state index in [1.165, 1.54) is 42.1 Å². The zero-order chi connectivity index (χ0) is 14.1. The van der Waals surface area contributed by atoms with Gasteiger partial charge in [0.1, 0.15) is 0 Å². The van der Waals surface area contributed by atoms with Crippen LogP contribution in [0.25, 0.3) is 10.9 Å². The van der Waals surface area contributed by atoms with E-state index < -0.39 is 0 Å². The maximum absolute atomic E-state index is 5.74. The van der Waals surface area contributed by atoms with E-state index in [4.69, 9.17) is 4.74 Å². The van der Waals surface area contributed by atoms with Crippen molar-refractivity contribution in [3.8, 4) is 0 Å². The van der Waals surface area contributed by atoms with Crippen LogP contribution in [-0.4, -0.2) is 23.3 Å². The molecule has 0 spiro atoms. The van der Waals surface area contributed by atoms with Crippen LogP contribution in [-0.2, 0) is 17.8 Å². The number of nitrogens with zero attached hydrogens (tertiary/aromatic N) is 1. The van der Waals surface area contributed by atoms with Crippen LogP contribution in [0.3, 0.4) is 0 Å². The third kappa shape index (κ3) is 3.14. The second-order valence-corrected chi connectivity index (χ2v) is 6.48. The van der Waals surface area contributed by atoms with Crippen molar-refractivity contribution in [3.05, 3.63) is 36.0 Å². The fourth-order valence-electron chi connectivity index (χ4n) is 3.24. The molecule has 3 heteroatoms. The van der Waals surface area contributed by atoms with E-state index in [9.17, 15) is 0 Å². The fraction of sp³-hybridized carbons (Fsp3) is 0.556. The highest BCUT2D eigenvalue weighted by molar-refractivity contribution is 5.80. The molecular weight excluding hydrogens is 260 g/mol. The Morgan fingerprint density at radius 2 is 2.14 bits per heavy atom. The van der Waals surface area contributed by atoms with Crippen molar-refractivity contribution in [1.82, 2.24) is 9.88 Å². The molecule has 0 radical (unpaired) electrons. The third-order valence-corrected chi connectivity index (χ3v) is 4.73. The molecule has 4 rings (SSSR count). The molecule has 112 valence electrons. The van der Waals surface area contributed by atoms with Gasteiger partial charge in [-0.3, -0.25) is 0 Å². The maximum atomic E-state index is 5.74. The van der Waals surface area contributed by atoms with Gasteiger partial charge in [-0.2, -0.15) is 0 Å². The Labute approximate surface area is 126 Å².